The van der Waals surface area contributed by atoms with E-state index in [0.717, 1.165) is 18.4 Å². The third-order valence-corrected chi connectivity index (χ3v) is 4.90. The average Bonchev–Trinajstić information content (AvgIpc) is 2.77. The van der Waals surface area contributed by atoms with Crippen molar-refractivity contribution in [2.75, 3.05) is 19.7 Å². The summed E-state index contributed by atoms with van der Waals surface area (Å²) in [5.74, 6) is 0.0275. The number of halogens is 2. The van der Waals surface area contributed by atoms with Crippen LogP contribution in [0, 0.1) is 5.82 Å². The number of ether oxygens (including phenoxy) is 2. The minimum absolute atomic E-state index is 0.210. The lowest BCUT2D eigenvalue weighted by Gasteiger charge is -2.38. The molecule has 1 aromatic carbocycles. The predicted octanol–water partition coefficient (Wildman–Crippen LogP) is 4.25. The van der Waals surface area contributed by atoms with Gasteiger partial charge < -0.3 is 14.4 Å². The molecule has 1 spiro atoms. The number of fused-ring (bicyclic) bond motifs is 2. The van der Waals surface area contributed by atoms with Gasteiger partial charge in [0.2, 0.25) is 0 Å². The normalized spacial score (nSPS) is 19.4. The maximum Gasteiger partial charge on any atom is 0.410 e. The highest BCUT2D eigenvalue weighted by atomic mass is 79.9. The van der Waals surface area contributed by atoms with Crippen LogP contribution in [0.2, 0.25) is 0 Å². The van der Waals surface area contributed by atoms with Gasteiger partial charge in [-0.05, 0) is 45.7 Å². The summed E-state index contributed by atoms with van der Waals surface area (Å²) in [6.45, 7) is 7.22. The minimum Gasteiger partial charge on any atom is -0.489 e. The third-order valence-electron chi connectivity index (χ3n) is 4.44. The Morgan fingerprint density at radius 2 is 2.00 bits per heavy atom. The van der Waals surface area contributed by atoms with Gasteiger partial charge in [0.05, 0.1) is 6.61 Å². The Balaban J connectivity index is 1.75. The zero-order chi connectivity index (χ0) is 16.8. The number of rotatable bonds is 0. The largest absolute Gasteiger partial charge is 0.489 e. The highest BCUT2D eigenvalue weighted by molar-refractivity contribution is 9.10. The van der Waals surface area contributed by atoms with Crippen molar-refractivity contribution in [2.45, 2.75) is 44.6 Å². The lowest BCUT2D eigenvalue weighted by molar-refractivity contribution is 0.0152. The Kier molecular flexibility index (Phi) is 4.07. The molecule has 3 rings (SSSR count). The molecular weight excluding hydrogens is 365 g/mol. The van der Waals surface area contributed by atoms with Crippen molar-refractivity contribution in [3.05, 3.63) is 28.0 Å². The molecule has 6 heteroatoms. The SMILES string of the molecule is CC(C)(C)OC(=O)N1CCC2(CC1)COc1c(F)cc(Br)cc12. The van der Waals surface area contributed by atoms with Gasteiger partial charge in [-0.3, -0.25) is 0 Å². The van der Waals surface area contributed by atoms with Crippen LogP contribution in [0.1, 0.15) is 39.2 Å². The minimum atomic E-state index is -0.497. The van der Waals surface area contributed by atoms with Gasteiger partial charge in [-0.2, -0.15) is 0 Å². The number of carbonyl (C=O) groups is 1. The zero-order valence-corrected chi connectivity index (χ0v) is 15.2. The Morgan fingerprint density at radius 3 is 2.61 bits per heavy atom. The maximum atomic E-state index is 14.0. The molecule has 0 N–H and O–H groups in total. The van der Waals surface area contributed by atoms with Gasteiger partial charge in [-0.25, -0.2) is 9.18 Å². The fraction of sp³-hybridized carbons (Fsp3) is 0.588. The molecule has 0 saturated carbocycles. The quantitative estimate of drug-likeness (QED) is 0.669. The predicted molar refractivity (Wildman–Crippen MR) is 88.3 cm³/mol. The van der Waals surface area contributed by atoms with Gasteiger partial charge in [-0.1, -0.05) is 15.9 Å². The molecule has 1 fully saturated rings. The molecule has 0 atom stereocenters. The first-order chi connectivity index (χ1) is 10.7. The van der Waals surface area contributed by atoms with Crippen LogP contribution >= 0.6 is 15.9 Å². The molecule has 1 saturated heterocycles. The highest BCUT2D eigenvalue weighted by Gasteiger charge is 2.45. The molecule has 0 aromatic heterocycles. The summed E-state index contributed by atoms with van der Waals surface area (Å²) in [5.41, 5.74) is 0.204. The van der Waals surface area contributed by atoms with E-state index in [4.69, 9.17) is 9.47 Å². The first kappa shape index (κ1) is 16.6. The van der Waals surface area contributed by atoms with E-state index >= 15 is 0 Å². The summed E-state index contributed by atoms with van der Waals surface area (Å²) in [7, 11) is 0. The van der Waals surface area contributed by atoms with E-state index in [0.29, 0.717) is 29.9 Å². The van der Waals surface area contributed by atoms with Crippen LogP contribution in [0.5, 0.6) is 5.75 Å². The van der Waals surface area contributed by atoms with Crippen molar-refractivity contribution in [1.29, 1.82) is 0 Å². The second-order valence-corrected chi connectivity index (χ2v) is 8.22. The number of carbonyl (C=O) groups excluding carboxylic acids is 1. The monoisotopic (exact) mass is 385 g/mol. The summed E-state index contributed by atoms with van der Waals surface area (Å²) in [6.07, 6.45) is 1.21. The van der Waals surface area contributed by atoms with Crippen molar-refractivity contribution in [3.8, 4) is 5.75 Å². The Bertz CT molecular complexity index is 633. The van der Waals surface area contributed by atoms with Gasteiger partial charge in [0.15, 0.2) is 11.6 Å². The zero-order valence-electron chi connectivity index (χ0n) is 13.6. The second-order valence-electron chi connectivity index (χ2n) is 7.30. The molecule has 2 aliphatic rings. The van der Waals surface area contributed by atoms with Crippen molar-refractivity contribution in [1.82, 2.24) is 4.90 Å². The third kappa shape index (κ3) is 3.18. The summed E-state index contributed by atoms with van der Waals surface area (Å²) < 4.78 is 25.8. The molecule has 4 nitrogen and oxygen atoms in total. The molecule has 1 aromatic rings. The summed E-state index contributed by atoms with van der Waals surface area (Å²) in [6, 6.07) is 3.36. The van der Waals surface area contributed by atoms with Crippen molar-refractivity contribution in [3.63, 3.8) is 0 Å². The highest BCUT2D eigenvalue weighted by Crippen LogP contribution is 2.47. The number of benzene rings is 1. The van der Waals surface area contributed by atoms with Crippen LogP contribution in [-0.4, -0.2) is 36.3 Å². The molecule has 0 radical (unpaired) electrons. The van der Waals surface area contributed by atoms with Crippen molar-refractivity contribution < 1.29 is 18.7 Å². The number of hydrogen-bond acceptors (Lipinski definition) is 3. The van der Waals surface area contributed by atoms with Gasteiger partial charge in [0.1, 0.15) is 5.60 Å². The molecule has 126 valence electrons. The Labute approximate surface area is 144 Å². The molecule has 1 amide bonds. The van der Waals surface area contributed by atoms with Crippen LogP contribution in [0.15, 0.2) is 16.6 Å². The standard InChI is InChI=1S/C17H21BrFNO3/c1-16(2,3)23-15(21)20-6-4-17(5-7-20)10-22-14-12(17)8-11(18)9-13(14)19/h8-9H,4-7,10H2,1-3H3. The summed E-state index contributed by atoms with van der Waals surface area (Å²) in [5, 5.41) is 0. The number of nitrogens with zero attached hydrogens (tertiary/aromatic N) is 1. The van der Waals surface area contributed by atoms with Crippen LogP contribution in [0.4, 0.5) is 9.18 Å². The van der Waals surface area contributed by atoms with Gasteiger partial charge >= 0.3 is 6.09 Å². The fourth-order valence-electron chi connectivity index (χ4n) is 3.25. The summed E-state index contributed by atoms with van der Waals surface area (Å²) >= 11 is 3.35. The number of piperidine rings is 1. The number of amides is 1. The van der Waals surface area contributed by atoms with E-state index in [1.165, 1.54) is 6.07 Å². The van der Waals surface area contributed by atoms with Gasteiger partial charge in [0, 0.05) is 28.5 Å². The number of likely N-dealkylation sites (tertiary alicyclic amines) is 1. The first-order valence-corrected chi connectivity index (χ1v) is 8.60. The lowest BCUT2D eigenvalue weighted by Crippen LogP contribution is -2.47. The van der Waals surface area contributed by atoms with Crippen molar-refractivity contribution >= 4 is 22.0 Å². The molecular formula is C17H21BrFNO3. The van der Waals surface area contributed by atoms with E-state index in [9.17, 15) is 9.18 Å². The van der Waals surface area contributed by atoms with Crippen LogP contribution in [0.25, 0.3) is 0 Å². The van der Waals surface area contributed by atoms with Gasteiger partial charge in [0.25, 0.3) is 0 Å². The van der Waals surface area contributed by atoms with Crippen molar-refractivity contribution in [2.24, 2.45) is 0 Å². The fourth-order valence-corrected chi connectivity index (χ4v) is 3.68. The molecule has 0 bridgehead atoms. The molecule has 23 heavy (non-hydrogen) atoms. The van der Waals surface area contributed by atoms with E-state index in [-0.39, 0.29) is 17.3 Å². The van der Waals surface area contributed by atoms with Crippen LogP contribution < -0.4 is 4.74 Å². The van der Waals surface area contributed by atoms with Gasteiger partial charge in [-0.15, -0.1) is 0 Å². The molecule has 2 aliphatic heterocycles. The van der Waals surface area contributed by atoms with E-state index in [1.54, 1.807) is 4.90 Å². The second kappa shape index (κ2) is 5.65. The molecule has 0 aliphatic carbocycles. The van der Waals surface area contributed by atoms with Crippen LogP contribution in [-0.2, 0) is 10.2 Å². The molecule has 0 unspecified atom stereocenters. The smallest absolute Gasteiger partial charge is 0.410 e. The van der Waals surface area contributed by atoms with E-state index in [2.05, 4.69) is 15.9 Å². The molecule has 2 heterocycles. The lowest BCUT2D eigenvalue weighted by atomic mass is 9.74. The topological polar surface area (TPSA) is 38.8 Å². The maximum absolute atomic E-state index is 14.0. The first-order valence-electron chi connectivity index (χ1n) is 7.80. The average molecular weight is 386 g/mol. The number of hydrogen-bond donors (Lipinski definition) is 0. The summed E-state index contributed by atoms with van der Waals surface area (Å²) in [4.78, 5) is 13.9. The Hall–Kier alpha value is -1.30. The van der Waals surface area contributed by atoms with E-state index in [1.807, 2.05) is 26.8 Å². The Morgan fingerprint density at radius 1 is 1.35 bits per heavy atom. The van der Waals surface area contributed by atoms with E-state index < -0.39 is 5.60 Å². The van der Waals surface area contributed by atoms with Crippen LogP contribution in [0.3, 0.4) is 0 Å².